The molecule has 2 atom stereocenters. The van der Waals surface area contributed by atoms with Gasteiger partial charge in [0.2, 0.25) is 0 Å². The van der Waals surface area contributed by atoms with E-state index in [1.807, 2.05) is 11.8 Å². The summed E-state index contributed by atoms with van der Waals surface area (Å²) in [4.78, 5) is 30.3. The highest BCUT2D eigenvalue weighted by molar-refractivity contribution is 8.01. The number of amides is 1. The molecule has 0 saturated carbocycles. The molecule has 1 saturated heterocycles. The average molecular weight is 537 g/mol. The normalized spacial score (nSPS) is 18.7. The second-order valence-corrected chi connectivity index (χ2v) is 11.6. The van der Waals surface area contributed by atoms with Crippen LogP contribution in [0.5, 0.6) is 5.75 Å². The van der Waals surface area contributed by atoms with E-state index in [9.17, 15) is 14.0 Å². The number of carbonyl (C=O) groups excluding carboxylic acids is 2. The first-order chi connectivity index (χ1) is 17.0. The van der Waals surface area contributed by atoms with Crippen LogP contribution in [0.2, 0.25) is 5.02 Å². The van der Waals surface area contributed by atoms with Crippen molar-refractivity contribution in [2.45, 2.75) is 62.9 Å². The first-order valence-electron chi connectivity index (χ1n) is 12.1. The van der Waals surface area contributed by atoms with E-state index in [4.69, 9.17) is 21.1 Å². The summed E-state index contributed by atoms with van der Waals surface area (Å²) >= 11 is 7.49. The van der Waals surface area contributed by atoms with Crippen LogP contribution in [-0.4, -0.2) is 64.8 Å². The van der Waals surface area contributed by atoms with Crippen molar-refractivity contribution in [3.05, 3.63) is 58.9 Å². The van der Waals surface area contributed by atoms with E-state index < -0.39 is 4.75 Å². The lowest BCUT2D eigenvalue weighted by Gasteiger charge is -2.44. The molecule has 2 aromatic carbocycles. The lowest BCUT2D eigenvalue weighted by atomic mass is 10.1. The predicted molar refractivity (Wildman–Crippen MR) is 141 cm³/mol. The molecule has 1 aliphatic heterocycles. The van der Waals surface area contributed by atoms with Gasteiger partial charge in [-0.3, -0.25) is 14.5 Å². The molecule has 0 aromatic heterocycles. The van der Waals surface area contributed by atoms with E-state index in [1.165, 1.54) is 23.9 Å². The van der Waals surface area contributed by atoms with Crippen molar-refractivity contribution in [2.75, 3.05) is 26.3 Å². The number of esters is 1. The van der Waals surface area contributed by atoms with E-state index >= 15 is 0 Å². The minimum absolute atomic E-state index is 0.000408. The van der Waals surface area contributed by atoms with Crippen molar-refractivity contribution in [1.29, 1.82) is 0 Å². The standard InChI is InChI=1S/C27H34ClFN2O4S/c1-6-34-26(33)27(4,5)36-24-13-21(28)9-12-23(24)35-17-25(32)31-15-18(2)30(14-19(31)3)16-20-7-10-22(29)11-8-20/h7-13,18-19H,6,14-17H2,1-5H3/t18-,19+/m0/s1. The summed E-state index contributed by atoms with van der Waals surface area (Å²) in [6, 6.07) is 11.8. The zero-order chi connectivity index (χ0) is 26.5. The molecule has 9 heteroatoms. The molecular weight excluding hydrogens is 503 g/mol. The third-order valence-electron chi connectivity index (χ3n) is 6.12. The van der Waals surface area contributed by atoms with Gasteiger partial charge in [0.25, 0.3) is 5.91 Å². The summed E-state index contributed by atoms with van der Waals surface area (Å²) in [7, 11) is 0. The monoisotopic (exact) mass is 536 g/mol. The summed E-state index contributed by atoms with van der Waals surface area (Å²) < 4.78 is 23.5. The first kappa shape index (κ1) is 28.3. The van der Waals surface area contributed by atoms with E-state index in [-0.39, 0.29) is 36.4 Å². The third kappa shape index (κ3) is 7.37. The molecule has 1 amide bonds. The molecule has 1 aliphatic rings. The van der Waals surface area contributed by atoms with Gasteiger partial charge in [-0.1, -0.05) is 23.7 Å². The molecular formula is C27H34ClFN2O4S. The number of nitrogens with zero attached hydrogens (tertiary/aromatic N) is 2. The fourth-order valence-electron chi connectivity index (χ4n) is 4.12. The van der Waals surface area contributed by atoms with Crippen LogP contribution in [0.3, 0.4) is 0 Å². The van der Waals surface area contributed by atoms with Gasteiger partial charge in [0.1, 0.15) is 16.3 Å². The Kier molecular flexibility index (Phi) is 9.66. The molecule has 3 rings (SSSR count). The molecule has 196 valence electrons. The number of hydrogen-bond acceptors (Lipinski definition) is 6. The Morgan fingerprint density at radius 3 is 2.47 bits per heavy atom. The number of halogens is 2. The highest BCUT2D eigenvalue weighted by Gasteiger charge is 2.34. The Morgan fingerprint density at radius 1 is 1.11 bits per heavy atom. The van der Waals surface area contributed by atoms with Crippen LogP contribution in [0.4, 0.5) is 4.39 Å². The number of benzene rings is 2. The van der Waals surface area contributed by atoms with Crippen LogP contribution in [0.1, 0.15) is 40.2 Å². The zero-order valence-electron chi connectivity index (χ0n) is 21.4. The van der Waals surface area contributed by atoms with Crippen molar-refractivity contribution >= 4 is 35.2 Å². The molecule has 36 heavy (non-hydrogen) atoms. The third-order valence-corrected chi connectivity index (χ3v) is 7.57. The van der Waals surface area contributed by atoms with Gasteiger partial charge in [0.05, 0.1) is 11.5 Å². The summed E-state index contributed by atoms with van der Waals surface area (Å²) in [5.41, 5.74) is 1.04. The van der Waals surface area contributed by atoms with Gasteiger partial charge in [0.15, 0.2) is 6.61 Å². The molecule has 0 N–H and O–H groups in total. The van der Waals surface area contributed by atoms with E-state index in [1.54, 1.807) is 51.1 Å². The quantitative estimate of drug-likeness (QED) is 0.315. The number of piperazine rings is 1. The minimum atomic E-state index is -0.854. The van der Waals surface area contributed by atoms with Crippen molar-refractivity contribution in [3.8, 4) is 5.75 Å². The fourth-order valence-corrected chi connectivity index (χ4v) is 5.46. The van der Waals surface area contributed by atoms with Crippen molar-refractivity contribution < 1.29 is 23.5 Å². The van der Waals surface area contributed by atoms with Gasteiger partial charge in [-0.05, 0) is 70.5 Å². The zero-order valence-corrected chi connectivity index (χ0v) is 23.0. The number of rotatable bonds is 9. The van der Waals surface area contributed by atoms with Gasteiger partial charge in [-0.2, -0.15) is 0 Å². The van der Waals surface area contributed by atoms with Crippen LogP contribution in [0.25, 0.3) is 0 Å². The molecule has 2 aromatic rings. The molecule has 0 radical (unpaired) electrons. The van der Waals surface area contributed by atoms with Gasteiger partial charge in [-0.25, -0.2) is 4.39 Å². The van der Waals surface area contributed by atoms with Gasteiger partial charge in [0, 0.05) is 36.7 Å². The molecule has 6 nitrogen and oxygen atoms in total. The summed E-state index contributed by atoms with van der Waals surface area (Å²) in [5, 5.41) is 0.510. The second-order valence-electron chi connectivity index (χ2n) is 9.51. The fraction of sp³-hybridized carbons (Fsp3) is 0.481. The molecule has 0 spiro atoms. The maximum absolute atomic E-state index is 13.2. The predicted octanol–water partition coefficient (Wildman–Crippen LogP) is 5.41. The van der Waals surface area contributed by atoms with Crippen molar-refractivity contribution in [3.63, 3.8) is 0 Å². The number of thioether (sulfide) groups is 1. The summed E-state index contributed by atoms with van der Waals surface area (Å²) in [6.07, 6.45) is 0. The molecule has 0 unspecified atom stereocenters. The lowest BCUT2D eigenvalue weighted by Crippen LogP contribution is -2.58. The first-order valence-corrected chi connectivity index (χ1v) is 13.3. The van der Waals surface area contributed by atoms with E-state index in [0.29, 0.717) is 41.9 Å². The molecule has 1 heterocycles. The van der Waals surface area contributed by atoms with Crippen molar-refractivity contribution in [1.82, 2.24) is 9.80 Å². The van der Waals surface area contributed by atoms with Crippen LogP contribution >= 0.6 is 23.4 Å². The van der Waals surface area contributed by atoms with Crippen LogP contribution in [-0.2, 0) is 20.9 Å². The average Bonchev–Trinajstić information content (AvgIpc) is 2.82. The maximum Gasteiger partial charge on any atom is 0.321 e. The lowest BCUT2D eigenvalue weighted by molar-refractivity contribution is -0.145. The smallest absolute Gasteiger partial charge is 0.321 e. The largest absolute Gasteiger partial charge is 0.483 e. The van der Waals surface area contributed by atoms with Crippen LogP contribution in [0.15, 0.2) is 47.4 Å². The number of carbonyl (C=O) groups is 2. The second kappa shape index (κ2) is 12.3. The van der Waals surface area contributed by atoms with Crippen LogP contribution < -0.4 is 4.74 Å². The maximum atomic E-state index is 13.2. The van der Waals surface area contributed by atoms with Crippen molar-refractivity contribution in [2.24, 2.45) is 0 Å². The minimum Gasteiger partial charge on any atom is -0.483 e. The Bertz CT molecular complexity index is 1070. The highest BCUT2D eigenvalue weighted by Crippen LogP contribution is 2.40. The number of hydrogen-bond donors (Lipinski definition) is 0. The highest BCUT2D eigenvalue weighted by atomic mass is 35.5. The number of ether oxygens (including phenoxy) is 2. The Morgan fingerprint density at radius 2 is 1.81 bits per heavy atom. The van der Waals surface area contributed by atoms with E-state index in [2.05, 4.69) is 11.8 Å². The molecule has 0 aliphatic carbocycles. The van der Waals surface area contributed by atoms with Crippen LogP contribution in [0, 0.1) is 5.82 Å². The Hall–Kier alpha value is -2.29. The Balaban J connectivity index is 1.62. The SMILES string of the molecule is CCOC(=O)C(C)(C)Sc1cc(Cl)ccc1OCC(=O)N1C[C@H](C)N(Cc2ccc(F)cc2)C[C@H]1C. The Labute approximate surface area is 222 Å². The molecule has 1 fully saturated rings. The van der Waals surface area contributed by atoms with Gasteiger partial charge < -0.3 is 14.4 Å². The summed E-state index contributed by atoms with van der Waals surface area (Å²) in [6.45, 7) is 11.6. The topological polar surface area (TPSA) is 59.1 Å². The van der Waals surface area contributed by atoms with E-state index in [0.717, 1.165) is 5.56 Å². The van der Waals surface area contributed by atoms with Gasteiger partial charge in [-0.15, -0.1) is 11.8 Å². The van der Waals surface area contributed by atoms with Gasteiger partial charge >= 0.3 is 5.97 Å². The summed E-state index contributed by atoms with van der Waals surface area (Å²) in [5.74, 6) is -0.197. The molecule has 0 bridgehead atoms.